The number of aromatic nitrogens is 1. The molecule has 2 aromatic rings. The minimum absolute atomic E-state index is 0.145. The van der Waals surface area contributed by atoms with E-state index in [0.29, 0.717) is 13.0 Å². The zero-order chi connectivity index (χ0) is 17.9. The maximum absolute atomic E-state index is 12.5. The fraction of sp³-hybridized carbons (Fsp3) is 0.375. The number of rotatable bonds is 6. The number of carbonyl (C=O) groups excluding carboxylic acids is 1. The van der Waals surface area contributed by atoms with E-state index in [4.69, 9.17) is 5.11 Å². The lowest BCUT2D eigenvalue weighted by atomic mass is 10.2. The maximum atomic E-state index is 12.5. The maximum Gasteiger partial charge on any atom is 0.391 e. The van der Waals surface area contributed by atoms with Crippen LogP contribution in [-0.2, 0) is 11.3 Å². The molecule has 8 heteroatoms. The number of hydrogen-bond acceptors (Lipinski definition) is 2. The summed E-state index contributed by atoms with van der Waals surface area (Å²) in [7, 11) is 0. The first kappa shape index (κ1) is 17.8. The van der Waals surface area contributed by atoms with Gasteiger partial charge in [-0.2, -0.15) is 13.2 Å². The second kappa shape index (κ2) is 6.94. The minimum Gasteiger partial charge on any atom is -0.480 e. The molecule has 0 aliphatic rings. The van der Waals surface area contributed by atoms with Gasteiger partial charge in [0.2, 0.25) is 0 Å². The molecule has 0 aliphatic heterocycles. The smallest absolute Gasteiger partial charge is 0.391 e. The molecule has 130 valence electrons. The lowest BCUT2D eigenvalue weighted by molar-refractivity contribution is -0.157. The molecule has 1 aromatic heterocycles. The van der Waals surface area contributed by atoms with Crippen LogP contribution in [0, 0.1) is 0 Å². The highest BCUT2D eigenvalue weighted by atomic mass is 19.4. The summed E-state index contributed by atoms with van der Waals surface area (Å²) in [5.74, 6) is -2.56. The monoisotopic (exact) mass is 342 g/mol. The van der Waals surface area contributed by atoms with Crippen molar-refractivity contribution in [3.05, 3.63) is 36.0 Å². The van der Waals surface area contributed by atoms with Crippen LogP contribution in [0.5, 0.6) is 0 Å². The van der Waals surface area contributed by atoms with Crippen LogP contribution in [-0.4, -0.2) is 33.8 Å². The molecule has 0 aliphatic carbocycles. The summed E-state index contributed by atoms with van der Waals surface area (Å²) in [4.78, 5) is 23.4. The molecule has 0 saturated carbocycles. The van der Waals surface area contributed by atoms with Gasteiger partial charge in [0.15, 0.2) is 0 Å². The molecule has 1 unspecified atom stereocenters. The van der Waals surface area contributed by atoms with Crippen LogP contribution in [0.2, 0.25) is 0 Å². The number of halogens is 3. The molecule has 0 bridgehead atoms. The number of aryl methyl sites for hydroxylation is 1. The number of amides is 1. The molecule has 2 rings (SSSR count). The molecule has 1 heterocycles. The lowest BCUT2D eigenvalue weighted by Crippen LogP contribution is -2.44. The van der Waals surface area contributed by atoms with Crippen LogP contribution < -0.4 is 5.32 Å². The first-order valence-corrected chi connectivity index (χ1v) is 7.41. The van der Waals surface area contributed by atoms with Crippen LogP contribution in [0.25, 0.3) is 10.9 Å². The van der Waals surface area contributed by atoms with E-state index >= 15 is 0 Å². The fourth-order valence-corrected chi connectivity index (χ4v) is 2.53. The third-order valence-corrected chi connectivity index (χ3v) is 3.53. The Morgan fingerprint density at radius 2 is 1.96 bits per heavy atom. The Labute approximate surface area is 136 Å². The van der Waals surface area contributed by atoms with Crippen LogP contribution in [0.1, 0.15) is 30.3 Å². The van der Waals surface area contributed by atoms with Crippen molar-refractivity contribution in [1.82, 2.24) is 9.88 Å². The van der Waals surface area contributed by atoms with E-state index in [1.165, 1.54) is 0 Å². The van der Waals surface area contributed by atoms with E-state index in [1.54, 1.807) is 34.9 Å². The summed E-state index contributed by atoms with van der Waals surface area (Å²) in [6, 6.07) is 6.68. The summed E-state index contributed by atoms with van der Waals surface area (Å²) in [6.45, 7) is 2.40. The zero-order valence-corrected chi connectivity index (χ0v) is 12.9. The van der Waals surface area contributed by atoms with Gasteiger partial charge >= 0.3 is 12.1 Å². The van der Waals surface area contributed by atoms with Gasteiger partial charge in [-0.3, -0.25) is 4.79 Å². The number of aliphatic carboxylic acids is 1. The number of carboxylic acids is 1. The van der Waals surface area contributed by atoms with Gasteiger partial charge in [-0.1, -0.05) is 25.1 Å². The second-order valence-electron chi connectivity index (χ2n) is 5.42. The molecule has 1 amide bonds. The number of benzene rings is 1. The van der Waals surface area contributed by atoms with Crippen molar-refractivity contribution in [1.29, 1.82) is 0 Å². The predicted octanol–water partition coefficient (Wildman–Crippen LogP) is 3.19. The van der Waals surface area contributed by atoms with Gasteiger partial charge in [0.25, 0.3) is 5.91 Å². The second-order valence-corrected chi connectivity index (χ2v) is 5.42. The SMILES string of the molecule is CCCn1c(C(=O)NC(CC(F)(F)F)C(=O)O)cc2ccccc21. The summed E-state index contributed by atoms with van der Waals surface area (Å²) in [6.07, 6.45) is -5.60. The van der Waals surface area contributed by atoms with Crippen molar-refractivity contribution < 1.29 is 27.9 Å². The van der Waals surface area contributed by atoms with Crippen LogP contribution in [0.15, 0.2) is 30.3 Å². The highest BCUT2D eigenvalue weighted by molar-refractivity contribution is 6.00. The topological polar surface area (TPSA) is 71.3 Å². The molecule has 0 fully saturated rings. The highest BCUT2D eigenvalue weighted by Gasteiger charge is 2.36. The van der Waals surface area contributed by atoms with Crippen LogP contribution in [0.4, 0.5) is 13.2 Å². The van der Waals surface area contributed by atoms with Crippen molar-refractivity contribution in [2.45, 2.75) is 38.5 Å². The Morgan fingerprint density at radius 3 is 2.54 bits per heavy atom. The average molecular weight is 342 g/mol. The summed E-state index contributed by atoms with van der Waals surface area (Å²) < 4.78 is 39.1. The Hall–Kier alpha value is -2.51. The van der Waals surface area contributed by atoms with Crippen molar-refractivity contribution >= 4 is 22.8 Å². The number of alkyl halides is 3. The first-order valence-electron chi connectivity index (χ1n) is 7.41. The van der Waals surface area contributed by atoms with Crippen molar-refractivity contribution in [3.8, 4) is 0 Å². The number of nitrogens with one attached hydrogen (secondary N) is 1. The number of fused-ring (bicyclic) bond motifs is 1. The molecule has 0 saturated heterocycles. The van der Waals surface area contributed by atoms with Gasteiger partial charge < -0.3 is 15.0 Å². The Bertz CT molecular complexity index is 753. The molecule has 1 aromatic carbocycles. The Morgan fingerprint density at radius 1 is 1.29 bits per heavy atom. The summed E-state index contributed by atoms with van der Waals surface area (Å²) >= 11 is 0. The number of nitrogens with zero attached hydrogens (tertiary/aromatic N) is 1. The molecular formula is C16H17F3N2O3. The largest absolute Gasteiger partial charge is 0.480 e. The standard InChI is InChI=1S/C16H17F3N2O3/c1-2-7-21-12-6-4-3-5-10(12)8-13(21)14(22)20-11(15(23)24)9-16(17,18)19/h3-6,8,11H,2,7,9H2,1H3,(H,20,22)(H,23,24). The van der Waals surface area contributed by atoms with Gasteiger partial charge in [-0.25, -0.2) is 4.79 Å². The number of para-hydroxylation sites is 1. The Kier molecular flexibility index (Phi) is 5.16. The van der Waals surface area contributed by atoms with E-state index in [0.717, 1.165) is 10.9 Å². The predicted molar refractivity (Wildman–Crippen MR) is 81.8 cm³/mol. The van der Waals surface area contributed by atoms with E-state index < -0.39 is 30.5 Å². The minimum atomic E-state index is -4.69. The van der Waals surface area contributed by atoms with E-state index in [1.807, 2.05) is 12.2 Å². The van der Waals surface area contributed by atoms with Gasteiger partial charge in [-0.05, 0) is 18.6 Å². The first-order chi connectivity index (χ1) is 11.2. The highest BCUT2D eigenvalue weighted by Crippen LogP contribution is 2.23. The third-order valence-electron chi connectivity index (χ3n) is 3.53. The van der Waals surface area contributed by atoms with Crippen molar-refractivity contribution in [2.24, 2.45) is 0 Å². The molecule has 24 heavy (non-hydrogen) atoms. The fourth-order valence-electron chi connectivity index (χ4n) is 2.53. The van der Waals surface area contributed by atoms with E-state index in [-0.39, 0.29) is 5.69 Å². The third kappa shape index (κ3) is 4.06. The molecule has 1 atom stereocenters. The molecule has 0 spiro atoms. The molecular weight excluding hydrogens is 325 g/mol. The summed E-state index contributed by atoms with van der Waals surface area (Å²) in [5.41, 5.74) is 0.915. The van der Waals surface area contributed by atoms with Crippen molar-refractivity contribution in [2.75, 3.05) is 0 Å². The number of carboxylic acid groups (broad SMARTS) is 1. The van der Waals surface area contributed by atoms with Gasteiger partial charge in [-0.15, -0.1) is 0 Å². The van der Waals surface area contributed by atoms with Gasteiger partial charge in [0.05, 0.1) is 6.42 Å². The van der Waals surface area contributed by atoms with Gasteiger partial charge in [0, 0.05) is 17.4 Å². The van der Waals surface area contributed by atoms with E-state index in [9.17, 15) is 22.8 Å². The molecule has 5 nitrogen and oxygen atoms in total. The van der Waals surface area contributed by atoms with Crippen molar-refractivity contribution in [3.63, 3.8) is 0 Å². The van der Waals surface area contributed by atoms with Crippen LogP contribution in [0.3, 0.4) is 0 Å². The number of carbonyl (C=O) groups is 2. The average Bonchev–Trinajstić information content (AvgIpc) is 2.85. The van der Waals surface area contributed by atoms with Crippen LogP contribution >= 0.6 is 0 Å². The molecule has 0 radical (unpaired) electrons. The lowest BCUT2D eigenvalue weighted by Gasteiger charge is -2.17. The normalized spacial score (nSPS) is 13.0. The Balaban J connectivity index is 2.33. The van der Waals surface area contributed by atoms with E-state index in [2.05, 4.69) is 0 Å². The quantitative estimate of drug-likeness (QED) is 0.847. The molecule has 2 N–H and O–H groups in total. The number of hydrogen-bond donors (Lipinski definition) is 2. The summed E-state index contributed by atoms with van der Waals surface area (Å²) in [5, 5.41) is 11.7. The zero-order valence-electron chi connectivity index (χ0n) is 12.9. The van der Waals surface area contributed by atoms with Gasteiger partial charge in [0.1, 0.15) is 11.7 Å².